The zero-order valence-electron chi connectivity index (χ0n) is 14.3. The Balaban J connectivity index is 1.76. The van der Waals surface area contributed by atoms with Crippen LogP contribution < -0.4 is 14.8 Å². The molecule has 0 radical (unpaired) electrons. The maximum atomic E-state index is 11.5. The van der Waals surface area contributed by atoms with Crippen LogP contribution in [0.25, 0.3) is 0 Å². The third-order valence-corrected chi connectivity index (χ3v) is 3.92. The zero-order valence-corrected chi connectivity index (χ0v) is 15.1. The molecular weight excluding hydrogens is 322 g/mol. The van der Waals surface area contributed by atoms with Crippen molar-refractivity contribution in [3.05, 3.63) is 53.6 Å². The van der Waals surface area contributed by atoms with Crippen molar-refractivity contribution >= 4 is 23.4 Å². The summed E-state index contributed by atoms with van der Waals surface area (Å²) in [6, 6.07) is 13.5. The number of carbonyl (C=O) groups excluding carboxylic acids is 1. The third-order valence-electron chi connectivity index (χ3n) is 3.37. The van der Waals surface area contributed by atoms with Gasteiger partial charge in [0.15, 0.2) is 0 Å². The molecule has 0 heterocycles. The molecule has 0 saturated heterocycles. The highest BCUT2D eigenvalue weighted by Crippen LogP contribution is 2.19. The fraction of sp³-hybridized carbons (Fsp3) is 0.316. The summed E-state index contributed by atoms with van der Waals surface area (Å²) in [5.74, 6) is 2.10. The number of amides is 1. The number of hydrogen-bond donors (Lipinski definition) is 1. The Morgan fingerprint density at radius 3 is 2.46 bits per heavy atom. The van der Waals surface area contributed by atoms with Crippen LogP contribution in [0.4, 0.5) is 5.69 Å². The van der Waals surface area contributed by atoms with Crippen molar-refractivity contribution in [1.29, 1.82) is 0 Å². The van der Waals surface area contributed by atoms with Crippen molar-refractivity contribution in [3.8, 4) is 11.5 Å². The lowest BCUT2D eigenvalue weighted by Gasteiger charge is -2.11. The molecule has 1 amide bonds. The van der Waals surface area contributed by atoms with Crippen LogP contribution >= 0.6 is 11.8 Å². The summed E-state index contributed by atoms with van der Waals surface area (Å²) in [5.41, 5.74) is 3.06. The second-order valence-electron chi connectivity index (χ2n) is 5.47. The molecule has 2 rings (SSSR count). The second-order valence-corrected chi connectivity index (χ2v) is 6.34. The summed E-state index contributed by atoms with van der Waals surface area (Å²) in [7, 11) is 0. The molecule has 2 aromatic rings. The van der Waals surface area contributed by atoms with Gasteiger partial charge in [-0.2, -0.15) is 11.8 Å². The Labute approximate surface area is 147 Å². The van der Waals surface area contributed by atoms with Gasteiger partial charge in [0.1, 0.15) is 24.7 Å². The summed E-state index contributed by atoms with van der Waals surface area (Å²) in [5, 5.41) is 2.83. The smallest absolute Gasteiger partial charge is 0.234 e. The number of hydrogen-bond acceptors (Lipinski definition) is 4. The van der Waals surface area contributed by atoms with Crippen LogP contribution in [0.5, 0.6) is 11.5 Å². The summed E-state index contributed by atoms with van der Waals surface area (Å²) in [6.07, 6.45) is 1.90. The van der Waals surface area contributed by atoms with Gasteiger partial charge in [-0.1, -0.05) is 12.1 Å². The predicted molar refractivity (Wildman–Crippen MR) is 100 cm³/mol. The zero-order chi connectivity index (χ0) is 17.4. The van der Waals surface area contributed by atoms with Gasteiger partial charge >= 0.3 is 0 Å². The fourth-order valence-electron chi connectivity index (χ4n) is 2.14. The number of carbonyl (C=O) groups is 1. The molecule has 0 aromatic heterocycles. The van der Waals surface area contributed by atoms with Crippen molar-refractivity contribution in [3.63, 3.8) is 0 Å². The largest absolute Gasteiger partial charge is 0.490 e. The molecule has 0 saturated carbocycles. The monoisotopic (exact) mass is 345 g/mol. The molecule has 24 heavy (non-hydrogen) atoms. The SMILES string of the molecule is CSCC(=O)Nc1ccc(OCCOc2cc(C)ccc2C)cc1. The Bertz CT molecular complexity index is 671. The minimum absolute atomic E-state index is 0.00177. The first-order valence-electron chi connectivity index (χ1n) is 7.80. The van der Waals surface area contributed by atoms with Gasteiger partial charge in [0.05, 0.1) is 5.75 Å². The van der Waals surface area contributed by atoms with E-state index in [0.717, 1.165) is 22.7 Å². The lowest BCUT2D eigenvalue weighted by molar-refractivity contribution is -0.113. The average molecular weight is 345 g/mol. The Hall–Kier alpha value is -2.14. The van der Waals surface area contributed by atoms with Crippen LogP contribution in [0, 0.1) is 13.8 Å². The molecule has 4 nitrogen and oxygen atoms in total. The van der Waals surface area contributed by atoms with E-state index in [1.54, 1.807) is 0 Å². The van der Waals surface area contributed by atoms with Crippen molar-refractivity contribution in [2.75, 3.05) is 30.5 Å². The molecule has 0 bridgehead atoms. The van der Waals surface area contributed by atoms with Gasteiger partial charge in [-0.05, 0) is 61.6 Å². The van der Waals surface area contributed by atoms with E-state index in [1.807, 2.05) is 50.4 Å². The van der Waals surface area contributed by atoms with E-state index in [0.29, 0.717) is 19.0 Å². The normalized spacial score (nSPS) is 10.3. The highest BCUT2D eigenvalue weighted by atomic mass is 32.2. The number of ether oxygens (including phenoxy) is 2. The van der Waals surface area contributed by atoms with E-state index in [4.69, 9.17) is 9.47 Å². The number of nitrogens with one attached hydrogen (secondary N) is 1. The van der Waals surface area contributed by atoms with Crippen LogP contribution in [0.15, 0.2) is 42.5 Å². The molecule has 0 aliphatic heterocycles. The predicted octanol–water partition coefficient (Wildman–Crippen LogP) is 4.06. The number of aryl methyl sites for hydroxylation is 2. The van der Waals surface area contributed by atoms with Gasteiger partial charge in [0.2, 0.25) is 5.91 Å². The van der Waals surface area contributed by atoms with Gasteiger partial charge in [-0.15, -0.1) is 0 Å². The van der Waals surface area contributed by atoms with Crippen LogP contribution in [0.2, 0.25) is 0 Å². The molecule has 0 atom stereocenters. The Morgan fingerprint density at radius 2 is 1.75 bits per heavy atom. The first kappa shape index (κ1) is 18.2. The van der Waals surface area contributed by atoms with E-state index in [2.05, 4.69) is 17.4 Å². The topological polar surface area (TPSA) is 47.6 Å². The molecule has 5 heteroatoms. The van der Waals surface area contributed by atoms with Crippen LogP contribution in [-0.4, -0.2) is 31.1 Å². The Morgan fingerprint density at radius 1 is 1.04 bits per heavy atom. The Kier molecular flexibility index (Phi) is 7.00. The minimum Gasteiger partial charge on any atom is -0.490 e. The minimum atomic E-state index is -0.00177. The highest BCUT2D eigenvalue weighted by molar-refractivity contribution is 7.99. The lowest BCUT2D eigenvalue weighted by Crippen LogP contribution is -2.13. The molecule has 128 valence electrons. The van der Waals surface area contributed by atoms with Crippen LogP contribution in [0.1, 0.15) is 11.1 Å². The fourth-order valence-corrected chi connectivity index (χ4v) is 2.47. The average Bonchev–Trinajstić information content (AvgIpc) is 2.56. The molecular formula is C19H23NO3S. The van der Waals surface area contributed by atoms with Gasteiger partial charge in [0, 0.05) is 5.69 Å². The molecule has 0 aliphatic carbocycles. The third kappa shape index (κ3) is 5.81. The van der Waals surface area contributed by atoms with Crippen molar-refractivity contribution < 1.29 is 14.3 Å². The summed E-state index contributed by atoms with van der Waals surface area (Å²) >= 11 is 1.50. The summed E-state index contributed by atoms with van der Waals surface area (Å²) < 4.78 is 11.4. The van der Waals surface area contributed by atoms with E-state index in [1.165, 1.54) is 17.3 Å². The van der Waals surface area contributed by atoms with Crippen molar-refractivity contribution in [1.82, 2.24) is 0 Å². The maximum Gasteiger partial charge on any atom is 0.234 e. The number of anilines is 1. The van der Waals surface area contributed by atoms with Crippen molar-refractivity contribution in [2.24, 2.45) is 0 Å². The second kappa shape index (κ2) is 9.23. The van der Waals surface area contributed by atoms with Crippen LogP contribution in [0.3, 0.4) is 0 Å². The molecule has 0 aliphatic rings. The molecule has 1 N–H and O–H groups in total. The van der Waals surface area contributed by atoms with E-state index in [9.17, 15) is 4.79 Å². The number of benzene rings is 2. The van der Waals surface area contributed by atoms with Crippen LogP contribution in [-0.2, 0) is 4.79 Å². The van der Waals surface area contributed by atoms with E-state index < -0.39 is 0 Å². The standard InChI is InChI=1S/C19H23NO3S/c1-14-4-5-15(2)18(12-14)23-11-10-22-17-8-6-16(7-9-17)20-19(21)13-24-3/h4-9,12H,10-11,13H2,1-3H3,(H,20,21). The first-order chi connectivity index (χ1) is 11.6. The van der Waals surface area contributed by atoms with Gasteiger partial charge in [-0.25, -0.2) is 0 Å². The van der Waals surface area contributed by atoms with Gasteiger partial charge in [-0.3, -0.25) is 4.79 Å². The van der Waals surface area contributed by atoms with Gasteiger partial charge in [0.25, 0.3) is 0 Å². The molecule has 0 fully saturated rings. The lowest BCUT2D eigenvalue weighted by atomic mass is 10.1. The van der Waals surface area contributed by atoms with Crippen molar-refractivity contribution in [2.45, 2.75) is 13.8 Å². The van der Waals surface area contributed by atoms with Gasteiger partial charge < -0.3 is 14.8 Å². The summed E-state index contributed by atoms with van der Waals surface area (Å²) in [6.45, 7) is 5.02. The molecule has 0 spiro atoms. The first-order valence-corrected chi connectivity index (χ1v) is 9.19. The quantitative estimate of drug-likeness (QED) is 0.733. The van der Waals surface area contributed by atoms with E-state index in [-0.39, 0.29) is 5.91 Å². The number of thioether (sulfide) groups is 1. The molecule has 0 unspecified atom stereocenters. The summed E-state index contributed by atoms with van der Waals surface area (Å²) in [4.78, 5) is 11.5. The molecule has 2 aromatic carbocycles. The maximum absolute atomic E-state index is 11.5. The highest BCUT2D eigenvalue weighted by Gasteiger charge is 2.02. The number of rotatable bonds is 8. The van der Waals surface area contributed by atoms with E-state index >= 15 is 0 Å².